The number of nitrogen functional groups attached to an aromatic ring is 1. The van der Waals surface area contributed by atoms with Crippen LogP contribution in [0.25, 0.3) is 27.7 Å². The van der Waals surface area contributed by atoms with Crippen molar-refractivity contribution in [3.05, 3.63) is 64.5 Å². The predicted octanol–water partition coefficient (Wildman–Crippen LogP) is 4.13. The SMILES string of the molecule is C=C(O)c1cn2c3c(c(NCCCc4nc5ccccc5[nH]4)c(F)c(N)c3c1=O)OC[C@@H]2C. The number of aromatic nitrogens is 3. The van der Waals surface area contributed by atoms with E-state index in [0.29, 0.717) is 24.9 Å². The minimum absolute atomic E-state index is 0.0140. The molecular formula is C24H24FN5O3. The van der Waals surface area contributed by atoms with Gasteiger partial charge in [0.05, 0.1) is 39.2 Å². The van der Waals surface area contributed by atoms with Gasteiger partial charge in [-0.05, 0) is 25.5 Å². The minimum atomic E-state index is -0.750. The number of aromatic amines is 1. The molecule has 4 aromatic rings. The van der Waals surface area contributed by atoms with Gasteiger partial charge in [-0.1, -0.05) is 18.7 Å². The number of aliphatic hydroxyl groups excluding tert-OH is 1. The van der Waals surface area contributed by atoms with Gasteiger partial charge in [0.15, 0.2) is 11.6 Å². The molecule has 0 saturated carbocycles. The molecule has 9 heteroatoms. The van der Waals surface area contributed by atoms with Gasteiger partial charge in [-0.3, -0.25) is 4.79 Å². The second kappa shape index (κ2) is 7.84. The standard InChI is InChI=1S/C24H24FN5O3/c1-12-11-33-24-21(27-9-5-8-17-28-15-6-3-4-7-16(15)29-17)19(25)20(26)18-22(24)30(12)10-14(13(2)31)23(18)32/h3-4,6-7,10,12,27,31H,2,5,8-9,11,26H2,1H3,(H,28,29)/t12-/m0/s1. The number of nitrogens with zero attached hydrogens (tertiary/aromatic N) is 2. The molecule has 8 nitrogen and oxygen atoms in total. The Balaban J connectivity index is 1.47. The van der Waals surface area contributed by atoms with Gasteiger partial charge in [-0.25, -0.2) is 9.37 Å². The number of aryl methyl sites for hydroxylation is 1. The zero-order valence-electron chi connectivity index (χ0n) is 18.1. The molecule has 170 valence electrons. The molecule has 0 aliphatic carbocycles. The summed E-state index contributed by atoms with van der Waals surface area (Å²) in [6.07, 6.45) is 2.88. The first-order valence-electron chi connectivity index (χ1n) is 10.7. The fourth-order valence-corrected chi connectivity index (χ4v) is 4.31. The van der Waals surface area contributed by atoms with E-state index in [1.807, 2.05) is 31.2 Å². The minimum Gasteiger partial charge on any atom is -0.508 e. The molecule has 0 spiro atoms. The van der Waals surface area contributed by atoms with Crippen LogP contribution in [-0.2, 0) is 6.42 Å². The third-order valence-corrected chi connectivity index (χ3v) is 5.99. The van der Waals surface area contributed by atoms with Gasteiger partial charge in [0.2, 0.25) is 5.43 Å². The molecule has 5 N–H and O–H groups in total. The molecule has 1 atom stereocenters. The van der Waals surface area contributed by atoms with Crippen LogP contribution in [-0.4, -0.2) is 32.8 Å². The molecule has 0 fully saturated rings. The molecule has 0 bridgehead atoms. The van der Waals surface area contributed by atoms with E-state index in [4.69, 9.17) is 10.5 Å². The highest BCUT2D eigenvalue weighted by molar-refractivity contribution is 6.01. The third kappa shape index (κ3) is 3.36. The van der Waals surface area contributed by atoms with Crippen molar-refractivity contribution < 1.29 is 14.2 Å². The van der Waals surface area contributed by atoms with Crippen LogP contribution < -0.4 is 21.2 Å². The maximum Gasteiger partial charge on any atom is 0.202 e. The molecule has 2 aromatic heterocycles. The predicted molar refractivity (Wildman–Crippen MR) is 127 cm³/mol. The lowest BCUT2D eigenvalue weighted by Gasteiger charge is -2.29. The van der Waals surface area contributed by atoms with Crippen LogP contribution in [0, 0.1) is 5.82 Å². The Morgan fingerprint density at radius 1 is 1.45 bits per heavy atom. The van der Waals surface area contributed by atoms with Crippen molar-refractivity contribution in [2.24, 2.45) is 0 Å². The summed E-state index contributed by atoms with van der Waals surface area (Å²) in [6.45, 7) is 6.07. The average molecular weight is 449 g/mol. The summed E-state index contributed by atoms with van der Waals surface area (Å²) in [5, 5.41) is 12.9. The number of hydrogen-bond donors (Lipinski definition) is 4. The summed E-state index contributed by atoms with van der Waals surface area (Å²) < 4.78 is 23.0. The zero-order chi connectivity index (χ0) is 23.3. The molecule has 33 heavy (non-hydrogen) atoms. The van der Waals surface area contributed by atoms with Crippen LogP contribution in [0.1, 0.15) is 30.8 Å². The fourth-order valence-electron chi connectivity index (χ4n) is 4.31. The molecule has 2 aromatic carbocycles. The number of rotatable bonds is 6. The molecule has 0 unspecified atom stereocenters. The van der Waals surface area contributed by atoms with E-state index in [2.05, 4.69) is 21.9 Å². The number of nitrogens with one attached hydrogen (secondary N) is 2. The number of hydrogen-bond acceptors (Lipinski definition) is 6. The van der Waals surface area contributed by atoms with Crippen molar-refractivity contribution in [1.29, 1.82) is 0 Å². The Labute approximate surface area is 188 Å². The number of benzene rings is 2. The number of pyridine rings is 1. The van der Waals surface area contributed by atoms with Crippen LogP contribution in [0.15, 0.2) is 41.8 Å². The van der Waals surface area contributed by atoms with Gasteiger partial charge in [-0.15, -0.1) is 0 Å². The van der Waals surface area contributed by atoms with Gasteiger partial charge in [0.1, 0.15) is 23.9 Å². The molecule has 0 saturated heterocycles. The number of ether oxygens (including phenoxy) is 1. The summed E-state index contributed by atoms with van der Waals surface area (Å²) in [5.41, 5.74) is 7.61. The van der Waals surface area contributed by atoms with E-state index < -0.39 is 17.0 Å². The van der Waals surface area contributed by atoms with E-state index in [9.17, 15) is 9.90 Å². The Morgan fingerprint density at radius 3 is 3.00 bits per heavy atom. The van der Waals surface area contributed by atoms with E-state index in [-0.39, 0.29) is 40.7 Å². The lowest BCUT2D eigenvalue weighted by atomic mass is 10.0. The van der Waals surface area contributed by atoms with Gasteiger partial charge >= 0.3 is 0 Å². The van der Waals surface area contributed by atoms with E-state index in [1.54, 1.807) is 4.57 Å². The largest absolute Gasteiger partial charge is 0.508 e. The first kappa shape index (κ1) is 20.9. The quantitative estimate of drug-likeness (QED) is 0.200. The number of imidazole rings is 1. The maximum absolute atomic E-state index is 15.3. The van der Waals surface area contributed by atoms with Crippen molar-refractivity contribution in [3.63, 3.8) is 0 Å². The van der Waals surface area contributed by atoms with Gasteiger partial charge in [-0.2, -0.15) is 0 Å². The number of nitrogens with two attached hydrogens (primary N) is 1. The lowest BCUT2D eigenvalue weighted by molar-refractivity contribution is 0.247. The summed E-state index contributed by atoms with van der Waals surface area (Å²) in [4.78, 5) is 20.8. The molecule has 0 amide bonds. The molecule has 1 aliphatic heterocycles. The zero-order valence-corrected chi connectivity index (χ0v) is 18.1. The monoisotopic (exact) mass is 449 g/mol. The van der Waals surface area contributed by atoms with Gasteiger partial charge in [0.25, 0.3) is 0 Å². The molecule has 1 aliphatic rings. The Bertz CT molecular complexity index is 1440. The summed E-state index contributed by atoms with van der Waals surface area (Å²) in [5.74, 6) is -0.0436. The van der Waals surface area contributed by atoms with Crippen molar-refractivity contribution in [2.45, 2.75) is 25.8 Å². The number of aliphatic hydroxyl groups is 1. The first-order chi connectivity index (χ1) is 15.9. The van der Waals surface area contributed by atoms with Gasteiger partial charge < -0.3 is 30.4 Å². The summed E-state index contributed by atoms with van der Waals surface area (Å²) >= 11 is 0. The molecular weight excluding hydrogens is 425 g/mol. The van der Waals surface area contributed by atoms with Crippen LogP contribution >= 0.6 is 0 Å². The lowest BCUT2D eigenvalue weighted by Crippen LogP contribution is -2.26. The fraction of sp³-hybridized carbons (Fsp3) is 0.250. The number of fused-ring (bicyclic) bond motifs is 1. The normalized spacial score (nSPS) is 15.0. The first-order valence-corrected chi connectivity index (χ1v) is 10.7. The van der Waals surface area contributed by atoms with Crippen molar-refractivity contribution >= 4 is 39.1 Å². The van der Waals surface area contributed by atoms with E-state index in [0.717, 1.165) is 16.9 Å². The van der Waals surface area contributed by atoms with Gasteiger partial charge in [0, 0.05) is 19.2 Å². The van der Waals surface area contributed by atoms with Crippen LogP contribution in [0.5, 0.6) is 5.75 Å². The van der Waals surface area contributed by atoms with E-state index >= 15 is 4.39 Å². The van der Waals surface area contributed by atoms with Crippen molar-refractivity contribution in [3.8, 4) is 5.75 Å². The maximum atomic E-state index is 15.3. The highest BCUT2D eigenvalue weighted by atomic mass is 19.1. The summed E-state index contributed by atoms with van der Waals surface area (Å²) in [6, 6.07) is 7.65. The second-order valence-corrected chi connectivity index (χ2v) is 8.27. The Hall–Kier alpha value is -4.01. The Morgan fingerprint density at radius 2 is 2.24 bits per heavy atom. The van der Waals surface area contributed by atoms with Crippen LogP contribution in [0.2, 0.25) is 0 Å². The topological polar surface area (TPSA) is 118 Å². The molecule has 0 radical (unpaired) electrons. The second-order valence-electron chi connectivity index (χ2n) is 8.27. The molecule has 3 heterocycles. The van der Waals surface area contributed by atoms with Crippen molar-refractivity contribution in [2.75, 3.05) is 24.2 Å². The smallest absolute Gasteiger partial charge is 0.202 e. The number of halogens is 1. The average Bonchev–Trinajstić information content (AvgIpc) is 3.21. The van der Waals surface area contributed by atoms with Crippen LogP contribution in [0.4, 0.5) is 15.8 Å². The number of para-hydroxylation sites is 2. The van der Waals surface area contributed by atoms with Crippen molar-refractivity contribution in [1.82, 2.24) is 14.5 Å². The highest BCUT2D eigenvalue weighted by Crippen LogP contribution is 2.43. The molecule has 5 rings (SSSR count). The number of H-pyrrole nitrogens is 1. The van der Waals surface area contributed by atoms with E-state index in [1.165, 1.54) is 6.20 Å². The number of anilines is 2. The van der Waals surface area contributed by atoms with Crippen LogP contribution in [0.3, 0.4) is 0 Å². The third-order valence-electron chi connectivity index (χ3n) is 5.99. The Kier molecular flexibility index (Phi) is 4.96. The highest BCUT2D eigenvalue weighted by Gasteiger charge is 2.29. The summed E-state index contributed by atoms with van der Waals surface area (Å²) in [7, 11) is 0.